The van der Waals surface area contributed by atoms with Crippen molar-refractivity contribution in [1.82, 2.24) is 4.72 Å². The van der Waals surface area contributed by atoms with Crippen molar-refractivity contribution in [3.05, 3.63) is 24.3 Å². The molecule has 1 fully saturated rings. The summed E-state index contributed by atoms with van der Waals surface area (Å²) in [6.45, 7) is 5.52. The molecule has 0 saturated heterocycles. The highest BCUT2D eigenvalue weighted by atomic mass is 32.2. The van der Waals surface area contributed by atoms with Crippen molar-refractivity contribution >= 4 is 15.7 Å². The van der Waals surface area contributed by atoms with Crippen LogP contribution in [0.3, 0.4) is 0 Å². The SMILES string of the molecule is CCNc1ccc(S(=O)(=O)NCC2CC2C)cc1. The molecule has 5 heteroatoms. The zero-order valence-electron chi connectivity index (χ0n) is 10.8. The fourth-order valence-corrected chi connectivity index (χ4v) is 3.03. The highest BCUT2D eigenvalue weighted by molar-refractivity contribution is 7.89. The zero-order chi connectivity index (χ0) is 13.2. The summed E-state index contributed by atoms with van der Waals surface area (Å²) in [5, 5.41) is 3.14. The molecule has 0 aromatic heterocycles. The van der Waals surface area contributed by atoms with Gasteiger partial charge in [-0.3, -0.25) is 0 Å². The van der Waals surface area contributed by atoms with E-state index in [1.807, 2.05) is 6.92 Å². The van der Waals surface area contributed by atoms with Crippen LogP contribution in [0, 0.1) is 11.8 Å². The molecule has 4 nitrogen and oxygen atoms in total. The van der Waals surface area contributed by atoms with Crippen molar-refractivity contribution in [3.8, 4) is 0 Å². The molecule has 2 N–H and O–H groups in total. The third-order valence-electron chi connectivity index (χ3n) is 3.36. The van der Waals surface area contributed by atoms with Gasteiger partial charge in [-0.2, -0.15) is 0 Å². The van der Waals surface area contributed by atoms with Crippen molar-refractivity contribution in [2.45, 2.75) is 25.2 Å². The molecule has 1 aliphatic rings. The quantitative estimate of drug-likeness (QED) is 0.830. The normalized spacial score (nSPS) is 22.8. The summed E-state index contributed by atoms with van der Waals surface area (Å²) in [5.74, 6) is 1.17. The molecular weight excluding hydrogens is 248 g/mol. The molecule has 2 atom stereocenters. The van der Waals surface area contributed by atoms with Gasteiger partial charge in [-0.15, -0.1) is 0 Å². The minimum Gasteiger partial charge on any atom is -0.385 e. The maximum Gasteiger partial charge on any atom is 0.240 e. The van der Waals surface area contributed by atoms with Gasteiger partial charge in [0.25, 0.3) is 0 Å². The maximum absolute atomic E-state index is 12.0. The second-order valence-corrected chi connectivity index (χ2v) is 6.65. The van der Waals surface area contributed by atoms with E-state index in [9.17, 15) is 8.42 Å². The molecule has 1 saturated carbocycles. The van der Waals surface area contributed by atoms with E-state index >= 15 is 0 Å². The van der Waals surface area contributed by atoms with Crippen LogP contribution in [-0.4, -0.2) is 21.5 Å². The van der Waals surface area contributed by atoms with Crippen LogP contribution in [0.4, 0.5) is 5.69 Å². The van der Waals surface area contributed by atoms with Crippen molar-refractivity contribution in [2.24, 2.45) is 11.8 Å². The zero-order valence-corrected chi connectivity index (χ0v) is 11.6. The lowest BCUT2D eigenvalue weighted by atomic mass is 10.3. The summed E-state index contributed by atoms with van der Waals surface area (Å²) < 4.78 is 26.7. The average molecular weight is 268 g/mol. The lowest BCUT2D eigenvalue weighted by Gasteiger charge is -2.08. The first-order valence-electron chi connectivity index (χ1n) is 6.36. The Morgan fingerprint density at radius 1 is 1.28 bits per heavy atom. The van der Waals surface area contributed by atoms with Crippen LogP contribution in [0.25, 0.3) is 0 Å². The number of benzene rings is 1. The van der Waals surface area contributed by atoms with E-state index in [0.29, 0.717) is 23.3 Å². The molecule has 1 aromatic carbocycles. The Morgan fingerprint density at radius 2 is 1.89 bits per heavy atom. The first kappa shape index (κ1) is 13.4. The number of hydrogen-bond acceptors (Lipinski definition) is 3. The van der Waals surface area contributed by atoms with Crippen molar-refractivity contribution in [3.63, 3.8) is 0 Å². The fraction of sp³-hybridized carbons (Fsp3) is 0.538. The molecule has 0 amide bonds. The van der Waals surface area contributed by atoms with E-state index in [4.69, 9.17) is 0 Å². The van der Waals surface area contributed by atoms with Gasteiger partial charge < -0.3 is 5.32 Å². The van der Waals surface area contributed by atoms with Crippen LogP contribution >= 0.6 is 0 Å². The minimum atomic E-state index is -3.35. The molecule has 1 aromatic rings. The topological polar surface area (TPSA) is 58.2 Å². The Hall–Kier alpha value is -1.07. The summed E-state index contributed by atoms with van der Waals surface area (Å²) in [6.07, 6.45) is 1.13. The Bertz CT molecular complexity index is 496. The highest BCUT2D eigenvalue weighted by Crippen LogP contribution is 2.37. The van der Waals surface area contributed by atoms with E-state index in [2.05, 4.69) is 17.0 Å². The van der Waals surface area contributed by atoms with E-state index in [1.54, 1.807) is 24.3 Å². The molecule has 18 heavy (non-hydrogen) atoms. The predicted molar refractivity (Wildman–Crippen MR) is 73.1 cm³/mol. The maximum atomic E-state index is 12.0. The molecule has 2 unspecified atom stereocenters. The van der Waals surface area contributed by atoms with Crippen LogP contribution in [-0.2, 0) is 10.0 Å². The Balaban J connectivity index is 1.99. The van der Waals surface area contributed by atoms with Gasteiger partial charge in [0.15, 0.2) is 0 Å². The van der Waals surface area contributed by atoms with Crippen molar-refractivity contribution in [2.75, 3.05) is 18.4 Å². The Kier molecular flexibility index (Phi) is 3.92. The Morgan fingerprint density at radius 3 is 2.39 bits per heavy atom. The van der Waals surface area contributed by atoms with E-state index in [0.717, 1.165) is 18.7 Å². The number of anilines is 1. The monoisotopic (exact) mass is 268 g/mol. The van der Waals surface area contributed by atoms with Gasteiger partial charge >= 0.3 is 0 Å². The predicted octanol–water partition coefficient (Wildman–Crippen LogP) is 2.05. The number of hydrogen-bond donors (Lipinski definition) is 2. The second kappa shape index (κ2) is 5.28. The van der Waals surface area contributed by atoms with Crippen LogP contribution in [0.5, 0.6) is 0 Å². The molecule has 0 heterocycles. The molecule has 1 aliphatic carbocycles. The van der Waals surface area contributed by atoms with E-state index in [-0.39, 0.29) is 0 Å². The average Bonchev–Trinajstić information content (AvgIpc) is 3.04. The van der Waals surface area contributed by atoms with Crippen molar-refractivity contribution in [1.29, 1.82) is 0 Å². The van der Waals surface area contributed by atoms with Gasteiger partial charge in [-0.05, 0) is 49.4 Å². The summed E-state index contributed by atoms with van der Waals surface area (Å²) in [6, 6.07) is 6.85. The largest absolute Gasteiger partial charge is 0.385 e. The third kappa shape index (κ3) is 3.23. The van der Waals surface area contributed by atoms with E-state index in [1.165, 1.54) is 0 Å². The smallest absolute Gasteiger partial charge is 0.240 e. The van der Waals surface area contributed by atoms with Gasteiger partial charge in [-0.25, -0.2) is 13.1 Å². The molecule has 0 bridgehead atoms. The van der Waals surface area contributed by atoms with Crippen molar-refractivity contribution < 1.29 is 8.42 Å². The molecule has 0 aliphatic heterocycles. The second-order valence-electron chi connectivity index (χ2n) is 4.88. The van der Waals surface area contributed by atoms with E-state index < -0.39 is 10.0 Å². The highest BCUT2D eigenvalue weighted by Gasteiger charge is 2.33. The molecule has 100 valence electrons. The van der Waals surface area contributed by atoms with Gasteiger partial charge in [-0.1, -0.05) is 6.92 Å². The van der Waals surface area contributed by atoms with Crippen LogP contribution in [0.1, 0.15) is 20.3 Å². The Labute approximate surface area is 109 Å². The number of nitrogens with one attached hydrogen (secondary N) is 2. The molecule has 0 spiro atoms. The summed E-state index contributed by atoms with van der Waals surface area (Å²) in [5.41, 5.74) is 0.937. The first-order valence-corrected chi connectivity index (χ1v) is 7.85. The molecular formula is C13H20N2O2S. The van der Waals surface area contributed by atoms with Crippen LogP contribution < -0.4 is 10.0 Å². The lowest BCUT2D eigenvalue weighted by molar-refractivity contribution is 0.574. The lowest BCUT2D eigenvalue weighted by Crippen LogP contribution is -2.26. The summed E-state index contributed by atoms with van der Waals surface area (Å²) in [4.78, 5) is 0.331. The van der Waals surface area contributed by atoms with Gasteiger partial charge in [0.05, 0.1) is 4.90 Å². The third-order valence-corrected chi connectivity index (χ3v) is 4.80. The number of rotatable bonds is 6. The molecule has 2 rings (SSSR count). The fourth-order valence-electron chi connectivity index (χ4n) is 1.94. The summed E-state index contributed by atoms with van der Waals surface area (Å²) in [7, 11) is -3.35. The van der Waals surface area contributed by atoms with Gasteiger partial charge in [0.2, 0.25) is 10.0 Å². The summed E-state index contributed by atoms with van der Waals surface area (Å²) >= 11 is 0. The minimum absolute atomic E-state index is 0.331. The van der Waals surface area contributed by atoms with Gasteiger partial charge in [0.1, 0.15) is 0 Å². The standard InChI is InChI=1S/C13H20N2O2S/c1-3-14-12-4-6-13(7-5-12)18(16,17)15-9-11-8-10(11)2/h4-7,10-11,14-15H,3,8-9H2,1-2H3. The first-order chi connectivity index (χ1) is 8.53. The molecule has 0 radical (unpaired) electrons. The van der Waals surface area contributed by atoms with Gasteiger partial charge in [0, 0.05) is 18.8 Å². The van der Waals surface area contributed by atoms with Crippen LogP contribution in [0.15, 0.2) is 29.2 Å². The van der Waals surface area contributed by atoms with Crippen LogP contribution in [0.2, 0.25) is 0 Å². The number of sulfonamides is 1.